The highest BCUT2D eigenvalue weighted by molar-refractivity contribution is 9.10. The number of nitrogens with one attached hydrogen (secondary N) is 2. The van der Waals surface area contributed by atoms with Crippen molar-refractivity contribution in [2.24, 2.45) is 0 Å². The van der Waals surface area contributed by atoms with Crippen molar-refractivity contribution in [1.29, 1.82) is 0 Å². The summed E-state index contributed by atoms with van der Waals surface area (Å²) in [6.07, 6.45) is 0.983. The molecule has 1 heterocycles. The van der Waals surface area contributed by atoms with Crippen molar-refractivity contribution < 1.29 is 0 Å². The van der Waals surface area contributed by atoms with E-state index in [1.54, 1.807) is 0 Å². The molecule has 106 valence electrons. The first-order valence-electron chi connectivity index (χ1n) is 6.27. The van der Waals surface area contributed by atoms with Gasteiger partial charge in [-0.05, 0) is 42.6 Å². The molecule has 0 aliphatic heterocycles. The molecule has 2 aromatic rings. The molecule has 0 aliphatic rings. The Kier molecular flexibility index (Phi) is 5.14. The number of aryl methyl sites for hydroxylation is 1. The van der Waals surface area contributed by atoms with E-state index in [4.69, 9.17) is 11.6 Å². The molecule has 1 aromatic heterocycles. The number of halogens is 2. The Balaban J connectivity index is 2.24. The Morgan fingerprint density at radius 2 is 1.95 bits per heavy atom. The second kappa shape index (κ2) is 6.85. The summed E-state index contributed by atoms with van der Waals surface area (Å²) in [4.78, 5) is 12.4. The quantitative estimate of drug-likeness (QED) is 0.842. The van der Waals surface area contributed by atoms with E-state index < -0.39 is 0 Å². The SMILES string of the molecule is CCCNc1nc(Cl)nc(Nc2cc(Br)ccc2C)n1. The molecule has 2 rings (SSSR count). The largest absolute Gasteiger partial charge is 0.354 e. The highest BCUT2D eigenvalue weighted by Gasteiger charge is 2.06. The number of benzene rings is 1. The van der Waals surface area contributed by atoms with Crippen LogP contribution in [0.5, 0.6) is 0 Å². The summed E-state index contributed by atoms with van der Waals surface area (Å²) in [5.41, 5.74) is 2.01. The first-order valence-corrected chi connectivity index (χ1v) is 7.44. The molecule has 20 heavy (non-hydrogen) atoms. The molecule has 5 nitrogen and oxygen atoms in total. The van der Waals surface area contributed by atoms with Gasteiger partial charge in [0.1, 0.15) is 0 Å². The zero-order valence-corrected chi connectivity index (χ0v) is 13.6. The molecule has 0 aliphatic carbocycles. The van der Waals surface area contributed by atoms with Crippen LogP contribution in [0.3, 0.4) is 0 Å². The Hall–Kier alpha value is -1.40. The Morgan fingerprint density at radius 1 is 1.20 bits per heavy atom. The highest BCUT2D eigenvalue weighted by Crippen LogP contribution is 2.23. The van der Waals surface area contributed by atoms with Gasteiger partial charge in [0.25, 0.3) is 0 Å². The van der Waals surface area contributed by atoms with Gasteiger partial charge < -0.3 is 10.6 Å². The minimum atomic E-state index is 0.161. The minimum absolute atomic E-state index is 0.161. The summed E-state index contributed by atoms with van der Waals surface area (Å²) < 4.78 is 0.982. The summed E-state index contributed by atoms with van der Waals surface area (Å²) in [6, 6.07) is 5.95. The number of aromatic nitrogens is 3. The number of nitrogens with zero attached hydrogens (tertiary/aromatic N) is 3. The molecule has 0 amide bonds. The van der Waals surface area contributed by atoms with Gasteiger partial charge in [0, 0.05) is 16.7 Å². The molecule has 0 bridgehead atoms. The second-order valence-corrected chi connectivity index (χ2v) is 5.52. The van der Waals surface area contributed by atoms with Gasteiger partial charge in [0.15, 0.2) is 0 Å². The van der Waals surface area contributed by atoms with Crippen molar-refractivity contribution in [3.05, 3.63) is 33.5 Å². The van der Waals surface area contributed by atoms with Gasteiger partial charge in [-0.3, -0.25) is 0 Å². The molecule has 0 atom stereocenters. The molecule has 1 aromatic carbocycles. The van der Waals surface area contributed by atoms with Gasteiger partial charge in [-0.25, -0.2) is 0 Å². The minimum Gasteiger partial charge on any atom is -0.354 e. The number of hydrogen-bond acceptors (Lipinski definition) is 5. The average Bonchev–Trinajstić information content (AvgIpc) is 2.40. The van der Waals surface area contributed by atoms with E-state index in [0.29, 0.717) is 11.9 Å². The zero-order valence-electron chi connectivity index (χ0n) is 11.2. The van der Waals surface area contributed by atoms with Gasteiger partial charge in [-0.2, -0.15) is 15.0 Å². The monoisotopic (exact) mass is 355 g/mol. The lowest BCUT2D eigenvalue weighted by atomic mass is 10.2. The van der Waals surface area contributed by atoms with Crippen molar-refractivity contribution in [3.8, 4) is 0 Å². The van der Waals surface area contributed by atoms with Crippen molar-refractivity contribution in [3.63, 3.8) is 0 Å². The fourth-order valence-electron chi connectivity index (χ4n) is 1.57. The maximum atomic E-state index is 5.91. The van der Waals surface area contributed by atoms with E-state index >= 15 is 0 Å². The highest BCUT2D eigenvalue weighted by atomic mass is 79.9. The van der Waals surface area contributed by atoms with Crippen LogP contribution < -0.4 is 10.6 Å². The second-order valence-electron chi connectivity index (χ2n) is 4.26. The van der Waals surface area contributed by atoms with Gasteiger partial charge in [0.05, 0.1) is 0 Å². The lowest BCUT2D eigenvalue weighted by molar-refractivity contribution is 0.940. The van der Waals surface area contributed by atoms with E-state index in [1.165, 1.54) is 0 Å². The maximum absolute atomic E-state index is 5.91. The first-order chi connectivity index (χ1) is 9.58. The van der Waals surface area contributed by atoms with Crippen LogP contribution in [0.2, 0.25) is 5.28 Å². The van der Waals surface area contributed by atoms with Crippen LogP contribution in [0.15, 0.2) is 22.7 Å². The molecule has 7 heteroatoms. The third-order valence-electron chi connectivity index (χ3n) is 2.59. The predicted molar refractivity (Wildman–Crippen MR) is 85.8 cm³/mol. The van der Waals surface area contributed by atoms with E-state index in [1.807, 2.05) is 25.1 Å². The van der Waals surface area contributed by atoms with Crippen LogP contribution in [0.4, 0.5) is 17.6 Å². The van der Waals surface area contributed by atoms with Crippen molar-refractivity contribution in [2.75, 3.05) is 17.2 Å². The van der Waals surface area contributed by atoms with Crippen LogP contribution in [-0.2, 0) is 0 Å². The normalized spacial score (nSPS) is 10.4. The van der Waals surface area contributed by atoms with Crippen LogP contribution in [0, 0.1) is 6.92 Å². The predicted octanol–water partition coefficient (Wildman–Crippen LogP) is 4.16. The number of rotatable bonds is 5. The van der Waals surface area contributed by atoms with Gasteiger partial charge in [-0.1, -0.05) is 28.9 Å². The standard InChI is InChI=1S/C13H15BrClN5/c1-3-6-16-12-18-11(15)19-13(20-12)17-10-7-9(14)5-4-8(10)2/h4-5,7H,3,6H2,1-2H3,(H2,16,17,18,19,20). The molecular formula is C13H15BrClN5. The first kappa shape index (κ1) is 15.0. The average molecular weight is 357 g/mol. The lowest BCUT2D eigenvalue weighted by Gasteiger charge is -2.10. The molecule has 0 spiro atoms. The Bertz CT molecular complexity index is 605. The summed E-state index contributed by atoms with van der Waals surface area (Å²) in [5.74, 6) is 0.895. The van der Waals surface area contributed by atoms with Gasteiger partial charge >= 0.3 is 0 Å². The Morgan fingerprint density at radius 3 is 2.70 bits per heavy atom. The summed E-state index contributed by atoms with van der Waals surface area (Å²) in [7, 11) is 0. The van der Waals surface area contributed by atoms with E-state index in [9.17, 15) is 0 Å². The lowest BCUT2D eigenvalue weighted by Crippen LogP contribution is -2.08. The molecule has 2 N–H and O–H groups in total. The molecule has 0 saturated heterocycles. The number of anilines is 3. The fraction of sp³-hybridized carbons (Fsp3) is 0.308. The van der Waals surface area contributed by atoms with Crippen LogP contribution in [0.25, 0.3) is 0 Å². The van der Waals surface area contributed by atoms with Gasteiger partial charge in [0.2, 0.25) is 17.2 Å². The summed E-state index contributed by atoms with van der Waals surface area (Å²) in [5, 5.41) is 6.41. The van der Waals surface area contributed by atoms with E-state index in [2.05, 4.69) is 48.4 Å². The third kappa shape index (κ3) is 4.05. The van der Waals surface area contributed by atoms with Gasteiger partial charge in [-0.15, -0.1) is 0 Å². The molecule has 0 radical (unpaired) electrons. The molecule has 0 unspecified atom stereocenters. The topological polar surface area (TPSA) is 62.7 Å². The third-order valence-corrected chi connectivity index (χ3v) is 3.25. The summed E-state index contributed by atoms with van der Waals surface area (Å²) >= 11 is 9.36. The van der Waals surface area contributed by atoms with Crippen LogP contribution in [-0.4, -0.2) is 21.5 Å². The maximum Gasteiger partial charge on any atom is 0.233 e. The summed E-state index contributed by atoms with van der Waals surface area (Å²) in [6.45, 7) is 4.86. The van der Waals surface area contributed by atoms with Crippen molar-refractivity contribution in [1.82, 2.24) is 15.0 Å². The molecule has 0 fully saturated rings. The smallest absolute Gasteiger partial charge is 0.233 e. The van der Waals surface area contributed by atoms with Crippen LogP contribution >= 0.6 is 27.5 Å². The molecular weight excluding hydrogens is 342 g/mol. The number of hydrogen-bond donors (Lipinski definition) is 2. The van der Waals surface area contributed by atoms with Crippen molar-refractivity contribution in [2.45, 2.75) is 20.3 Å². The van der Waals surface area contributed by atoms with Crippen molar-refractivity contribution >= 4 is 45.1 Å². The van der Waals surface area contributed by atoms with Crippen LogP contribution in [0.1, 0.15) is 18.9 Å². The Labute approximate surface area is 131 Å². The fourth-order valence-corrected chi connectivity index (χ4v) is 2.09. The molecule has 0 saturated carbocycles. The zero-order chi connectivity index (χ0) is 14.5. The van der Waals surface area contributed by atoms with E-state index in [-0.39, 0.29) is 5.28 Å². The van der Waals surface area contributed by atoms with E-state index in [0.717, 1.165) is 28.7 Å².